The average molecular weight is 383 g/mol. The maximum Gasteiger partial charge on any atom is 0.243 e. The zero-order chi connectivity index (χ0) is 18.9. The van der Waals surface area contributed by atoms with Gasteiger partial charge in [-0.25, -0.2) is 8.42 Å². The van der Waals surface area contributed by atoms with E-state index >= 15 is 0 Å². The number of nitrogens with one attached hydrogen (secondary N) is 2. The summed E-state index contributed by atoms with van der Waals surface area (Å²) in [7, 11) is -3.57. The minimum absolute atomic E-state index is 0.141. The highest BCUT2D eigenvalue weighted by Crippen LogP contribution is 2.25. The first-order chi connectivity index (χ1) is 13.0. The molecule has 27 heavy (non-hydrogen) atoms. The van der Waals surface area contributed by atoms with E-state index in [4.69, 9.17) is 0 Å². The van der Waals surface area contributed by atoms with Crippen LogP contribution in [-0.2, 0) is 14.8 Å². The number of rotatable bonds is 4. The predicted octanol–water partition coefficient (Wildman–Crippen LogP) is 3.21. The van der Waals surface area contributed by atoms with E-state index in [9.17, 15) is 13.2 Å². The summed E-state index contributed by atoms with van der Waals surface area (Å²) in [6, 6.07) is 16.0. The van der Waals surface area contributed by atoms with Gasteiger partial charge in [0.15, 0.2) is 0 Å². The van der Waals surface area contributed by atoms with Crippen molar-refractivity contribution in [3.05, 3.63) is 60.8 Å². The third kappa shape index (κ3) is 3.61. The molecule has 3 aromatic rings. The van der Waals surface area contributed by atoms with Gasteiger partial charge in [0.2, 0.25) is 15.9 Å². The number of hydrogen-bond donors (Lipinski definition) is 2. The van der Waals surface area contributed by atoms with Crippen LogP contribution in [0, 0.1) is 5.92 Å². The summed E-state index contributed by atoms with van der Waals surface area (Å²) in [4.78, 5) is 16.1. The molecule has 0 aliphatic carbocycles. The molecule has 6 nitrogen and oxygen atoms in total. The lowest BCUT2D eigenvalue weighted by Crippen LogP contribution is -2.43. The minimum atomic E-state index is -3.57. The van der Waals surface area contributed by atoms with Gasteiger partial charge in [-0.15, -0.1) is 0 Å². The van der Waals surface area contributed by atoms with Gasteiger partial charge in [0.1, 0.15) is 0 Å². The molecule has 1 atom stereocenters. The number of aromatic amines is 1. The number of fused-ring (bicyclic) bond motifs is 1. The third-order valence-electron chi connectivity index (χ3n) is 4.96. The van der Waals surface area contributed by atoms with E-state index in [-0.39, 0.29) is 23.3 Å². The number of nitrogens with zero attached hydrogens (tertiary/aromatic N) is 1. The summed E-state index contributed by atoms with van der Waals surface area (Å²) in [6.07, 6.45) is 3.20. The lowest BCUT2D eigenvalue weighted by Gasteiger charge is -2.31. The van der Waals surface area contributed by atoms with Crippen LogP contribution >= 0.6 is 0 Å². The minimum Gasteiger partial charge on any atom is -0.361 e. The van der Waals surface area contributed by atoms with Gasteiger partial charge in [-0.1, -0.05) is 18.2 Å². The van der Waals surface area contributed by atoms with Crippen molar-refractivity contribution in [3.63, 3.8) is 0 Å². The SMILES string of the molecule is O=C(Nc1ccc2[nH]ccc2c1)[C@H]1CCCN(S(=O)(=O)c2ccccc2)C1. The molecule has 1 aromatic heterocycles. The Kier molecular flexibility index (Phi) is 4.72. The van der Waals surface area contributed by atoms with E-state index in [2.05, 4.69) is 10.3 Å². The van der Waals surface area contributed by atoms with Gasteiger partial charge >= 0.3 is 0 Å². The van der Waals surface area contributed by atoms with E-state index in [1.54, 1.807) is 30.3 Å². The third-order valence-corrected chi connectivity index (χ3v) is 6.84. The van der Waals surface area contributed by atoms with Gasteiger partial charge in [0, 0.05) is 35.9 Å². The van der Waals surface area contributed by atoms with Crippen molar-refractivity contribution in [2.75, 3.05) is 18.4 Å². The van der Waals surface area contributed by atoms with E-state index in [1.807, 2.05) is 30.5 Å². The Labute approximate surface area is 158 Å². The maximum atomic E-state index is 12.8. The Morgan fingerprint density at radius 1 is 1.11 bits per heavy atom. The Morgan fingerprint density at radius 3 is 2.74 bits per heavy atom. The number of carbonyl (C=O) groups is 1. The van der Waals surface area contributed by atoms with Gasteiger partial charge in [-0.05, 0) is 49.2 Å². The highest BCUT2D eigenvalue weighted by atomic mass is 32.2. The second-order valence-electron chi connectivity index (χ2n) is 6.78. The van der Waals surface area contributed by atoms with E-state index in [0.29, 0.717) is 19.4 Å². The lowest BCUT2D eigenvalue weighted by atomic mass is 9.98. The number of anilines is 1. The molecule has 1 amide bonds. The zero-order valence-electron chi connectivity index (χ0n) is 14.8. The molecular formula is C20H21N3O3S. The molecule has 0 saturated carbocycles. The molecule has 2 aromatic carbocycles. The lowest BCUT2D eigenvalue weighted by molar-refractivity contribution is -0.120. The maximum absolute atomic E-state index is 12.8. The number of piperidine rings is 1. The number of amides is 1. The second-order valence-corrected chi connectivity index (χ2v) is 8.72. The zero-order valence-corrected chi connectivity index (χ0v) is 15.6. The molecule has 1 saturated heterocycles. The molecule has 0 spiro atoms. The number of sulfonamides is 1. The van der Waals surface area contributed by atoms with Gasteiger partial charge in [0.25, 0.3) is 0 Å². The molecule has 0 unspecified atom stereocenters. The molecule has 140 valence electrons. The first-order valence-corrected chi connectivity index (χ1v) is 10.4. The van der Waals surface area contributed by atoms with Crippen LogP contribution in [0.2, 0.25) is 0 Å². The molecule has 1 fully saturated rings. The number of carbonyl (C=O) groups excluding carboxylic acids is 1. The predicted molar refractivity (Wildman–Crippen MR) is 105 cm³/mol. The molecule has 7 heteroatoms. The monoisotopic (exact) mass is 383 g/mol. The second kappa shape index (κ2) is 7.17. The number of hydrogen-bond acceptors (Lipinski definition) is 3. The Hall–Kier alpha value is -2.64. The Bertz CT molecular complexity index is 1060. The quantitative estimate of drug-likeness (QED) is 0.726. The molecule has 4 rings (SSSR count). The van der Waals surface area contributed by atoms with Crippen molar-refractivity contribution in [1.29, 1.82) is 0 Å². The van der Waals surface area contributed by atoms with Crippen molar-refractivity contribution in [1.82, 2.24) is 9.29 Å². The molecule has 1 aliphatic rings. The van der Waals surface area contributed by atoms with Crippen LogP contribution in [-0.4, -0.2) is 36.7 Å². The van der Waals surface area contributed by atoms with Crippen LogP contribution in [0.25, 0.3) is 10.9 Å². The van der Waals surface area contributed by atoms with Crippen molar-refractivity contribution in [2.45, 2.75) is 17.7 Å². The van der Waals surface area contributed by atoms with Gasteiger partial charge in [-0.2, -0.15) is 4.31 Å². The van der Waals surface area contributed by atoms with Crippen molar-refractivity contribution in [3.8, 4) is 0 Å². The van der Waals surface area contributed by atoms with Crippen LogP contribution in [0.5, 0.6) is 0 Å². The van der Waals surface area contributed by atoms with E-state index < -0.39 is 10.0 Å². The van der Waals surface area contributed by atoms with Gasteiger partial charge in [-0.3, -0.25) is 4.79 Å². The first kappa shape index (κ1) is 17.8. The molecule has 0 bridgehead atoms. The molecule has 1 aliphatic heterocycles. The summed E-state index contributed by atoms with van der Waals surface area (Å²) in [6.45, 7) is 0.645. The van der Waals surface area contributed by atoms with Gasteiger partial charge < -0.3 is 10.3 Å². The average Bonchev–Trinajstić information content (AvgIpc) is 3.16. The summed E-state index contributed by atoms with van der Waals surface area (Å²) < 4.78 is 27.1. The smallest absolute Gasteiger partial charge is 0.243 e. The number of H-pyrrole nitrogens is 1. The van der Waals surface area contributed by atoms with Crippen LogP contribution in [0.15, 0.2) is 65.7 Å². The Balaban J connectivity index is 1.48. The molecule has 0 radical (unpaired) electrons. The van der Waals surface area contributed by atoms with Gasteiger partial charge in [0.05, 0.1) is 10.8 Å². The van der Waals surface area contributed by atoms with Crippen molar-refractivity contribution < 1.29 is 13.2 Å². The summed E-state index contributed by atoms with van der Waals surface area (Å²) >= 11 is 0. The molecule has 2 heterocycles. The van der Waals surface area contributed by atoms with Crippen LogP contribution in [0.1, 0.15) is 12.8 Å². The molecule has 2 N–H and O–H groups in total. The van der Waals surface area contributed by atoms with Crippen molar-refractivity contribution in [2.24, 2.45) is 5.92 Å². The highest BCUT2D eigenvalue weighted by molar-refractivity contribution is 7.89. The summed E-state index contributed by atoms with van der Waals surface area (Å²) in [5.41, 5.74) is 1.72. The fourth-order valence-corrected chi connectivity index (χ4v) is 5.04. The normalized spacial score (nSPS) is 18.4. The fraction of sp³-hybridized carbons (Fsp3) is 0.250. The summed E-state index contributed by atoms with van der Waals surface area (Å²) in [5, 5.41) is 3.95. The topological polar surface area (TPSA) is 82.3 Å². The van der Waals surface area contributed by atoms with E-state index in [0.717, 1.165) is 16.6 Å². The van der Waals surface area contributed by atoms with Crippen LogP contribution in [0.4, 0.5) is 5.69 Å². The van der Waals surface area contributed by atoms with Crippen molar-refractivity contribution >= 4 is 32.5 Å². The largest absolute Gasteiger partial charge is 0.361 e. The molecular weight excluding hydrogens is 362 g/mol. The number of aromatic nitrogens is 1. The van der Waals surface area contributed by atoms with Crippen LogP contribution in [0.3, 0.4) is 0 Å². The highest BCUT2D eigenvalue weighted by Gasteiger charge is 2.33. The fourth-order valence-electron chi connectivity index (χ4n) is 3.49. The number of benzene rings is 2. The van der Waals surface area contributed by atoms with Crippen LogP contribution < -0.4 is 5.32 Å². The van der Waals surface area contributed by atoms with E-state index in [1.165, 1.54) is 4.31 Å². The standard InChI is InChI=1S/C20H21N3O3S/c24-20(22-17-8-9-19-15(13-17)10-11-21-19)16-5-4-12-23(14-16)27(25,26)18-6-2-1-3-7-18/h1-3,6-11,13,16,21H,4-5,12,14H2,(H,22,24)/t16-/m0/s1. The Morgan fingerprint density at radius 2 is 1.93 bits per heavy atom. The first-order valence-electron chi connectivity index (χ1n) is 8.97. The summed E-state index contributed by atoms with van der Waals surface area (Å²) in [5.74, 6) is -0.503.